The van der Waals surface area contributed by atoms with Gasteiger partial charge in [0.2, 0.25) is 5.89 Å². The van der Waals surface area contributed by atoms with Gasteiger partial charge in [-0.1, -0.05) is 5.16 Å². The fourth-order valence-electron chi connectivity index (χ4n) is 2.50. The zero-order valence-corrected chi connectivity index (χ0v) is 12.4. The molecule has 0 radical (unpaired) electrons. The fraction of sp³-hybridized carbons (Fsp3) is 0.500. The van der Waals surface area contributed by atoms with Crippen molar-refractivity contribution in [3.05, 3.63) is 35.9 Å². The molecule has 1 amide bonds. The number of rotatable bonds is 5. The Bertz CT molecular complexity index is 671. The number of amides is 1. The number of hydrogen-bond acceptors (Lipinski definition) is 6. The SMILES string of the molecule is COCCc1noc([C@@H]2CC(F)(F)CN2C(=O)c2ccoc2)n1. The van der Waals surface area contributed by atoms with Crippen LogP contribution in [-0.4, -0.2) is 47.1 Å². The van der Waals surface area contributed by atoms with E-state index in [2.05, 4.69) is 10.1 Å². The van der Waals surface area contributed by atoms with E-state index < -0.39 is 30.8 Å². The average Bonchev–Trinajstić information content (AvgIpc) is 3.23. The third-order valence-corrected chi connectivity index (χ3v) is 3.60. The minimum atomic E-state index is -3.01. The quantitative estimate of drug-likeness (QED) is 0.836. The van der Waals surface area contributed by atoms with E-state index in [-0.39, 0.29) is 11.5 Å². The zero-order valence-electron chi connectivity index (χ0n) is 12.4. The summed E-state index contributed by atoms with van der Waals surface area (Å²) in [6, 6.07) is 0.462. The maximum absolute atomic E-state index is 13.8. The highest BCUT2D eigenvalue weighted by molar-refractivity contribution is 5.94. The van der Waals surface area contributed by atoms with Crippen LogP contribution in [0.4, 0.5) is 8.78 Å². The first kappa shape index (κ1) is 15.6. The second-order valence-electron chi connectivity index (χ2n) is 5.31. The number of alkyl halides is 2. The van der Waals surface area contributed by atoms with Gasteiger partial charge in [-0.25, -0.2) is 8.78 Å². The van der Waals surface area contributed by atoms with Crippen molar-refractivity contribution in [2.45, 2.75) is 24.8 Å². The van der Waals surface area contributed by atoms with Crippen molar-refractivity contribution < 1.29 is 27.3 Å². The highest BCUT2D eigenvalue weighted by atomic mass is 19.3. The first-order valence-electron chi connectivity index (χ1n) is 7.02. The Labute approximate surface area is 130 Å². The van der Waals surface area contributed by atoms with Crippen LogP contribution in [0.3, 0.4) is 0 Å². The van der Waals surface area contributed by atoms with E-state index >= 15 is 0 Å². The van der Waals surface area contributed by atoms with Crippen LogP contribution < -0.4 is 0 Å². The minimum absolute atomic E-state index is 0.00474. The predicted octanol–water partition coefficient (Wildman–Crippen LogP) is 2.07. The van der Waals surface area contributed by atoms with Crippen LogP contribution >= 0.6 is 0 Å². The van der Waals surface area contributed by atoms with Gasteiger partial charge in [0, 0.05) is 20.0 Å². The van der Waals surface area contributed by atoms with E-state index in [1.54, 1.807) is 0 Å². The molecule has 0 saturated carbocycles. The molecule has 0 unspecified atom stereocenters. The van der Waals surface area contributed by atoms with Crippen molar-refractivity contribution in [3.8, 4) is 0 Å². The molecular weight excluding hydrogens is 312 g/mol. The van der Waals surface area contributed by atoms with E-state index in [4.69, 9.17) is 13.7 Å². The molecule has 3 rings (SSSR count). The molecule has 9 heteroatoms. The van der Waals surface area contributed by atoms with Gasteiger partial charge in [-0.15, -0.1) is 0 Å². The van der Waals surface area contributed by atoms with Crippen molar-refractivity contribution >= 4 is 5.91 Å². The van der Waals surface area contributed by atoms with E-state index in [0.717, 1.165) is 4.90 Å². The fourth-order valence-corrected chi connectivity index (χ4v) is 2.50. The van der Waals surface area contributed by atoms with Crippen molar-refractivity contribution in [1.82, 2.24) is 15.0 Å². The molecule has 2 aromatic heterocycles. The molecular formula is C14H15F2N3O4. The molecule has 0 bridgehead atoms. The molecule has 1 fully saturated rings. The lowest BCUT2D eigenvalue weighted by Crippen LogP contribution is -2.32. The van der Waals surface area contributed by atoms with Gasteiger partial charge in [-0.2, -0.15) is 4.98 Å². The Hall–Kier alpha value is -2.29. The molecule has 1 saturated heterocycles. The molecule has 23 heavy (non-hydrogen) atoms. The molecule has 2 aromatic rings. The Balaban J connectivity index is 1.83. The second kappa shape index (κ2) is 6.07. The minimum Gasteiger partial charge on any atom is -0.472 e. The summed E-state index contributed by atoms with van der Waals surface area (Å²) in [5.41, 5.74) is 0.201. The van der Waals surface area contributed by atoms with E-state index in [1.165, 1.54) is 25.7 Å². The second-order valence-corrected chi connectivity index (χ2v) is 5.31. The van der Waals surface area contributed by atoms with Crippen LogP contribution in [-0.2, 0) is 11.2 Å². The summed E-state index contributed by atoms with van der Waals surface area (Å²) in [6.45, 7) is -0.311. The Morgan fingerprint density at radius 1 is 1.57 bits per heavy atom. The van der Waals surface area contributed by atoms with Crippen molar-refractivity contribution in [3.63, 3.8) is 0 Å². The number of ether oxygens (including phenoxy) is 1. The van der Waals surface area contributed by atoms with E-state index in [0.29, 0.717) is 18.9 Å². The van der Waals surface area contributed by atoms with Gasteiger partial charge >= 0.3 is 0 Å². The summed E-state index contributed by atoms with van der Waals surface area (Å²) >= 11 is 0. The Morgan fingerprint density at radius 3 is 3.09 bits per heavy atom. The average molecular weight is 327 g/mol. The first-order chi connectivity index (χ1) is 11.0. The summed E-state index contributed by atoms with van der Waals surface area (Å²) in [4.78, 5) is 17.5. The molecule has 1 atom stereocenters. The standard InChI is InChI=1S/C14H15F2N3O4/c1-21-4-3-11-17-12(23-18-11)10-6-14(15,16)8-19(10)13(20)9-2-5-22-7-9/h2,5,7,10H,3-4,6,8H2,1H3/t10-/m0/s1. The summed E-state index contributed by atoms with van der Waals surface area (Å²) in [5, 5.41) is 3.74. The van der Waals surface area contributed by atoms with Crippen LogP contribution in [0, 0.1) is 0 Å². The van der Waals surface area contributed by atoms with Crippen LogP contribution in [0.15, 0.2) is 27.5 Å². The van der Waals surface area contributed by atoms with Crippen LogP contribution in [0.1, 0.15) is 34.5 Å². The van der Waals surface area contributed by atoms with Gasteiger partial charge in [0.1, 0.15) is 12.3 Å². The topological polar surface area (TPSA) is 81.6 Å². The number of halogens is 2. The van der Waals surface area contributed by atoms with Crippen molar-refractivity contribution in [2.24, 2.45) is 0 Å². The highest BCUT2D eigenvalue weighted by Gasteiger charge is 2.50. The molecule has 3 heterocycles. The largest absolute Gasteiger partial charge is 0.472 e. The Kier molecular flexibility index (Phi) is 4.12. The number of aromatic nitrogens is 2. The number of carbonyl (C=O) groups excluding carboxylic acids is 1. The summed E-state index contributed by atoms with van der Waals surface area (Å²) < 4.78 is 42.4. The molecule has 7 nitrogen and oxygen atoms in total. The van der Waals surface area contributed by atoms with Crippen LogP contribution in [0.5, 0.6) is 0 Å². The lowest BCUT2D eigenvalue weighted by Gasteiger charge is -2.20. The molecule has 1 aliphatic rings. The summed E-state index contributed by atoms with van der Waals surface area (Å²) in [6.07, 6.45) is 2.38. The monoisotopic (exact) mass is 327 g/mol. The van der Waals surface area contributed by atoms with Gasteiger partial charge in [-0.3, -0.25) is 4.79 Å². The van der Waals surface area contributed by atoms with Gasteiger partial charge in [0.15, 0.2) is 5.82 Å². The summed E-state index contributed by atoms with van der Waals surface area (Å²) in [5.74, 6) is -3.21. The molecule has 0 aliphatic carbocycles. The summed E-state index contributed by atoms with van der Waals surface area (Å²) in [7, 11) is 1.53. The van der Waals surface area contributed by atoms with Gasteiger partial charge in [0.25, 0.3) is 11.8 Å². The third kappa shape index (κ3) is 3.24. The number of furan rings is 1. The number of methoxy groups -OCH3 is 1. The lowest BCUT2D eigenvalue weighted by atomic mass is 10.2. The molecule has 1 aliphatic heterocycles. The molecule has 0 spiro atoms. The smallest absolute Gasteiger partial charge is 0.267 e. The molecule has 124 valence electrons. The third-order valence-electron chi connectivity index (χ3n) is 3.60. The van der Waals surface area contributed by atoms with Crippen molar-refractivity contribution in [2.75, 3.05) is 20.3 Å². The van der Waals surface area contributed by atoms with Crippen LogP contribution in [0.2, 0.25) is 0 Å². The molecule has 0 N–H and O–H groups in total. The Morgan fingerprint density at radius 2 is 2.39 bits per heavy atom. The first-order valence-corrected chi connectivity index (χ1v) is 7.02. The number of likely N-dealkylation sites (tertiary alicyclic amines) is 1. The maximum atomic E-state index is 13.8. The van der Waals surface area contributed by atoms with Gasteiger partial charge in [-0.05, 0) is 6.07 Å². The number of carbonyl (C=O) groups is 1. The normalized spacial score (nSPS) is 20.1. The maximum Gasteiger partial charge on any atom is 0.267 e. The molecule has 0 aromatic carbocycles. The van der Waals surface area contributed by atoms with E-state index in [9.17, 15) is 13.6 Å². The lowest BCUT2D eigenvalue weighted by molar-refractivity contribution is 0.0117. The zero-order chi connectivity index (χ0) is 16.4. The predicted molar refractivity (Wildman–Crippen MR) is 71.9 cm³/mol. The number of hydrogen-bond donors (Lipinski definition) is 0. The van der Waals surface area contributed by atoms with Crippen LogP contribution in [0.25, 0.3) is 0 Å². The van der Waals surface area contributed by atoms with Gasteiger partial charge < -0.3 is 18.6 Å². The number of nitrogens with zero attached hydrogens (tertiary/aromatic N) is 3. The van der Waals surface area contributed by atoms with Crippen molar-refractivity contribution in [1.29, 1.82) is 0 Å². The van der Waals surface area contributed by atoms with Gasteiger partial charge in [0.05, 0.1) is 25.0 Å². The highest BCUT2D eigenvalue weighted by Crippen LogP contribution is 2.41. The van der Waals surface area contributed by atoms with E-state index in [1.807, 2.05) is 0 Å².